The van der Waals surface area contributed by atoms with Crippen molar-refractivity contribution in [2.45, 2.75) is 33.7 Å². The van der Waals surface area contributed by atoms with Crippen LogP contribution in [-0.4, -0.2) is 37.6 Å². The molecule has 1 aliphatic heterocycles. The Balaban J connectivity index is 1.74. The summed E-state index contributed by atoms with van der Waals surface area (Å²) in [5.41, 5.74) is 7.84. The molecule has 5 rings (SSSR count). The molecule has 0 spiro atoms. The number of nitrogens with zero attached hydrogens (tertiary/aromatic N) is 2. The molecule has 0 saturated carbocycles. The van der Waals surface area contributed by atoms with Gasteiger partial charge < -0.3 is 9.67 Å². The highest BCUT2D eigenvalue weighted by Crippen LogP contribution is 2.47. The number of carbonyl (C=O) groups is 1. The first-order chi connectivity index (χ1) is 15.5. The van der Waals surface area contributed by atoms with Gasteiger partial charge in [0.1, 0.15) is 12.3 Å². The number of carbonyl (C=O) groups excluding carboxylic acids is 1. The van der Waals surface area contributed by atoms with E-state index in [1.165, 1.54) is 0 Å². The van der Waals surface area contributed by atoms with Crippen LogP contribution >= 0.6 is 15.9 Å². The molecule has 5 heteroatoms. The van der Waals surface area contributed by atoms with Gasteiger partial charge in [-0.3, -0.25) is 4.79 Å². The molecule has 1 aliphatic carbocycles. The fourth-order valence-corrected chi connectivity index (χ4v) is 5.52. The van der Waals surface area contributed by atoms with E-state index < -0.39 is 0 Å². The Bertz CT molecular complexity index is 1390. The normalized spacial score (nSPS) is 18.1. The number of aliphatic hydroxyl groups is 1. The zero-order chi connectivity index (χ0) is 22.6. The number of benzene rings is 2. The van der Waals surface area contributed by atoms with Crippen molar-refractivity contribution in [3.05, 3.63) is 76.7 Å². The van der Waals surface area contributed by atoms with E-state index in [9.17, 15) is 9.90 Å². The van der Waals surface area contributed by atoms with Gasteiger partial charge in [-0.1, -0.05) is 46.3 Å². The van der Waals surface area contributed by atoms with E-state index in [1.807, 2.05) is 50.2 Å². The van der Waals surface area contributed by atoms with Gasteiger partial charge in [0.2, 0.25) is 11.5 Å². The Kier molecular flexibility index (Phi) is 5.17. The van der Waals surface area contributed by atoms with E-state index >= 15 is 0 Å². The molecule has 0 amide bonds. The van der Waals surface area contributed by atoms with Crippen molar-refractivity contribution in [2.75, 3.05) is 11.9 Å². The number of rotatable bonds is 5. The topological polar surface area (TPSA) is 45.2 Å². The van der Waals surface area contributed by atoms with Gasteiger partial charge in [-0.05, 0) is 26.0 Å². The number of ketones is 1. The molecule has 4 nitrogen and oxygen atoms in total. The van der Waals surface area contributed by atoms with Crippen LogP contribution in [0.1, 0.15) is 37.1 Å². The van der Waals surface area contributed by atoms with Crippen LogP contribution in [0.2, 0.25) is 0 Å². The number of hydrogen-bond donors (Lipinski definition) is 1. The van der Waals surface area contributed by atoms with Gasteiger partial charge in [-0.2, -0.15) is 4.58 Å². The second-order valence-electron chi connectivity index (χ2n) is 8.32. The quantitative estimate of drug-likeness (QED) is 0.264. The Hall–Kier alpha value is -2.92. The van der Waals surface area contributed by atoms with Gasteiger partial charge in [0.25, 0.3) is 0 Å². The molecule has 32 heavy (non-hydrogen) atoms. The third-order valence-electron chi connectivity index (χ3n) is 6.72. The van der Waals surface area contributed by atoms with Gasteiger partial charge in [-0.25, -0.2) is 0 Å². The standard InChI is InChI=1S/C27H25BrN2O2/c1-4-29-16(2)22(18-10-5-7-12-20(18)29)24-26(31)25(27(24)32)23-17(3)30(15-9-14-28)21-13-8-6-11-19(21)23/h5-8,10-13H,4,9,14-15H2,1-3H3/p+1. The molecule has 0 saturated heterocycles. The van der Waals surface area contributed by atoms with Crippen LogP contribution < -0.4 is 0 Å². The predicted molar refractivity (Wildman–Crippen MR) is 134 cm³/mol. The maximum Gasteiger partial charge on any atom is 0.213 e. The zero-order valence-corrected chi connectivity index (χ0v) is 20.2. The summed E-state index contributed by atoms with van der Waals surface area (Å²) in [6.07, 6.45) is 0.991. The monoisotopic (exact) mass is 489 g/mol. The van der Waals surface area contributed by atoms with Crippen molar-refractivity contribution in [3.8, 4) is 0 Å². The number of para-hydroxylation sites is 2. The van der Waals surface area contributed by atoms with Crippen molar-refractivity contribution in [3.63, 3.8) is 0 Å². The number of hydrogen-bond acceptors (Lipinski definition) is 2. The van der Waals surface area contributed by atoms with Crippen LogP contribution in [0.25, 0.3) is 22.0 Å². The van der Waals surface area contributed by atoms with Crippen LogP contribution in [0.5, 0.6) is 0 Å². The summed E-state index contributed by atoms with van der Waals surface area (Å²) >= 11 is 3.52. The Labute approximate surface area is 196 Å². The first-order valence-electron chi connectivity index (χ1n) is 11.1. The maximum absolute atomic E-state index is 13.6. The largest absolute Gasteiger partial charge is 0.506 e. The average molecular weight is 490 g/mol. The number of allylic oxidation sites excluding steroid dienone is 3. The summed E-state index contributed by atoms with van der Waals surface area (Å²) in [5.74, 6) is 0.0414. The highest BCUT2D eigenvalue weighted by atomic mass is 79.9. The SMILES string of the molecule is CCn1c(C)c(C2=C(O)C(=C3C(C)=[N+](CCCBr)c4ccccc43)C2=O)c2ccccc21. The molecule has 162 valence electrons. The number of Topliss-reactive ketones (excluding diaryl/α,β-unsaturated/α-hetero) is 1. The lowest BCUT2D eigenvalue weighted by atomic mass is 9.78. The lowest BCUT2D eigenvalue weighted by Gasteiger charge is -2.23. The van der Waals surface area contributed by atoms with Crippen LogP contribution in [0.4, 0.5) is 5.69 Å². The lowest BCUT2D eigenvalue weighted by Crippen LogP contribution is -2.25. The summed E-state index contributed by atoms with van der Waals surface area (Å²) in [4.78, 5) is 13.6. The second-order valence-corrected chi connectivity index (χ2v) is 9.11. The maximum atomic E-state index is 13.6. The third kappa shape index (κ3) is 2.80. The first-order valence-corrected chi connectivity index (χ1v) is 12.2. The van der Waals surface area contributed by atoms with E-state index in [1.54, 1.807) is 0 Å². The molecule has 0 atom stereocenters. The van der Waals surface area contributed by atoms with Crippen molar-refractivity contribution < 1.29 is 14.5 Å². The van der Waals surface area contributed by atoms with E-state index in [-0.39, 0.29) is 11.5 Å². The number of alkyl halides is 1. The third-order valence-corrected chi connectivity index (χ3v) is 7.28. The smallest absolute Gasteiger partial charge is 0.213 e. The molecule has 2 aromatic carbocycles. The summed E-state index contributed by atoms with van der Waals surface area (Å²) in [7, 11) is 0. The Morgan fingerprint density at radius 1 is 1.00 bits per heavy atom. The molecule has 2 heterocycles. The summed E-state index contributed by atoms with van der Waals surface area (Å²) < 4.78 is 4.46. The zero-order valence-electron chi connectivity index (χ0n) is 18.6. The fourth-order valence-electron chi connectivity index (χ4n) is 5.27. The molecule has 1 N–H and O–H groups in total. The van der Waals surface area contributed by atoms with Gasteiger partial charge in [0, 0.05) is 53.4 Å². The highest BCUT2D eigenvalue weighted by molar-refractivity contribution is 9.09. The molecule has 1 aromatic heterocycles. The van der Waals surface area contributed by atoms with E-state index in [0.29, 0.717) is 11.1 Å². The van der Waals surface area contributed by atoms with Gasteiger partial charge in [-0.15, -0.1) is 0 Å². The summed E-state index contributed by atoms with van der Waals surface area (Å²) in [6.45, 7) is 7.85. The van der Waals surface area contributed by atoms with E-state index in [4.69, 9.17) is 0 Å². The lowest BCUT2D eigenvalue weighted by molar-refractivity contribution is -0.436. The van der Waals surface area contributed by atoms with Gasteiger partial charge in [0.05, 0.1) is 22.3 Å². The molecule has 2 aliphatic rings. The van der Waals surface area contributed by atoms with E-state index in [0.717, 1.165) is 69.5 Å². The van der Waals surface area contributed by atoms with Crippen LogP contribution in [0, 0.1) is 6.92 Å². The molecule has 0 bridgehead atoms. The van der Waals surface area contributed by atoms with Crippen LogP contribution in [0.3, 0.4) is 0 Å². The van der Waals surface area contributed by atoms with Gasteiger partial charge in [0.15, 0.2) is 5.71 Å². The van der Waals surface area contributed by atoms with Crippen molar-refractivity contribution in [1.29, 1.82) is 0 Å². The number of aliphatic hydroxyl groups excluding tert-OH is 1. The molecule has 0 radical (unpaired) electrons. The van der Waals surface area contributed by atoms with Crippen molar-refractivity contribution >= 4 is 55.2 Å². The average Bonchev–Trinajstić information content (AvgIpc) is 3.23. The number of fused-ring (bicyclic) bond motifs is 2. The second kappa shape index (κ2) is 7.89. The molecular weight excluding hydrogens is 464 g/mol. The number of aromatic nitrogens is 1. The predicted octanol–water partition coefficient (Wildman–Crippen LogP) is 6.18. The summed E-state index contributed by atoms with van der Waals surface area (Å²) in [5, 5.41) is 13.2. The fraction of sp³-hybridized carbons (Fsp3) is 0.259. The molecule has 3 aromatic rings. The van der Waals surface area contributed by atoms with Crippen LogP contribution in [-0.2, 0) is 11.3 Å². The molecule has 0 fully saturated rings. The molecule has 0 unspecified atom stereocenters. The Morgan fingerprint density at radius 3 is 2.44 bits per heavy atom. The minimum Gasteiger partial charge on any atom is -0.506 e. The minimum absolute atomic E-state index is 0.0731. The highest BCUT2D eigenvalue weighted by Gasteiger charge is 2.44. The minimum atomic E-state index is -0.0731. The van der Waals surface area contributed by atoms with Crippen molar-refractivity contribution in [2.24, 2.45) is 0 Å². The van der Waals surface area contributed by atoms with Gasteiger partial charge >= 0.3 is 0 Å². The van der Waals surface area contributed by atoms with E-state index in [2.05, 4.69) is 44.1 Å². The van der Waals surface area contributed by atoms with Crippen LogP contribution in [0.15, 0.2) is 59.9 Å². The van der Waals surface area contributed by atoms with Crippen molar-refractivity contribution in [1.82, 2.24) is 4.57 Å². The number of halogens is 1. The summed E-state index contributed by atoms with van der Waals surface area (Å²) in [6, 6.07) is 16.2. The Morgan fingerprint density at radius 2 is 1.72 bits per heavy atom. The number of aryl methyl sites for hydroxylation is 1. The first kappa shape index (κ1) is 21.0. The molecular formula is C27H26BrN2O2+.